The fraction of sp³-hybridized carbons (Fsp3) is 0.619. The second-order valence-electron chi connectivity index (χ2n) is 8.59. The molecule has 8 nitrogen and oxygen atoms in total. The molecule has 0 spiro atoms. The lowest BCUT2D eigenvalue weighted by molar-refractivity contribution is -0.132. The number of piperazine rings is 1. The van der Waals surface area contributed by atoms with Crippen LogP contribution in [-0.4, -0.2) is 67.9 Å². The van der Waals surface area contributed by atoms with E-state index in [-0.39, 0.29) is 19.0 Å². The van der Waals surface area contributed by atoms with Crippen molar-refractivity contribution < 1.29 is 22.7 Å². The fourth-order valence-electron chi connectivity index (χ4n) is 3.20. The van der Waals surface area contributed by atoms with Gasteiger partial charge < -0.3 is 15.0 Å². The Kier molecular flexibility index (Phi) is 7.87. The Hall–Kier alpha value is -2.13. The van der Waals surface area contributed by atoms with Crippen LogP contribution < -0.4 is 5.32 Å². The summed E-state index contributed by atoms with van der Waals surface area (Å²) >= 11 is 0. The summed E-state index contributed by atoms with van der Waals surface area (Å²) in [6.07, 6.45) is 0.290. The first-order valence-corrected chi connectivity index (χ1v) is 11.7. The number of carbonyl (C=O) groups is 2. The Morgan fingerprint density at radius 3 is 2.33 bits per heavy atom. The van der Waals surface area contributed by atoms with Crippen LogP contribution in [0.4, 0.5) is 4.79 Å². The number of hydrogen-bond donors (Lipinski definition) is 1. The lowest BCUT2D eigenvalue weighted by atomic mass is 10.2. The number of nitrogens with zero attached hydrogens (tertiary/aromatic N) is 2. The van der Waals surface area contributed by atoms with E-state index in [1.165, 1.54) is 4.31 Å². The maximum Gasteiger partial charge on any atom is 0.407 e. The SMILES string of the molecule is Cc1ccc(C)c(S(=O)(=O)N2CCN(C(=O)CCCNC(=O)OC(C)(C)C)CC2)c1. The van der Waals surface area contributed by atoms with Gasteiger partial charge in [0.05, 0.1) is 4.90 Å². The van der Waals surface area contributed by atoms with Crippen LogP contribution in [0.1, 0.15) is 44.7 Å². The quantitative estimate of drug-likeness (QED) is 0.687. The topological polar surface area (TPSA) is 96.0 Å². The molecule has 1 fully saturated rings. The van der Waals surface area contributed by atoms with Gasteiger partial charge in [-0.3, -0.25) is 4.79 Å². The van der Waals surface area contributed by atoms with E-state index in [0.717, 1.165) is 11.1 Å². The van der Waals surface area contributed by atoms with Crippen molar-refractivity contribution in [3.8, 4) is 0 Å². The number of rotatable bonds is 6. The second kappa shape index (κ2) is 9.78. The molecule has 2 rings (SSSR count). The summed E-state index contributed by atoms with van der Waals surface area (Å²) in [6, 6.07) is 5.40. The highest BCUT2D eigenvalue weighted by molar-refractivity contribution is 7.89. The predicted molar refractivity (Wildman–Crippen MR) is 115 cm³/mol. The van der Waals surface area contributed by atoms with Crippen LogP contribution in [0.3, 0.4) is 0 Å². The van der Waals surface area contributed by atoms with Gasteiger partial charge in [-0.1, -0.05) is 12.1 Å². The number of nitrogens with one attached hydrogen (secondary N) is 1. The molecule has 9 heteroatoms. The van der Waals surface area contributed by atoms with E-state index in [1.807, 2.05) is 19.1 Å². The van der Waals surface area contributed by atoms with Crippen molar-refractivity contribution in [2.45, 2.75) is 58.0 Å². The van der Waals surface area contributed by atoms with Crippen molar-refractivity contribution in [3.63, 3.8) is 0 Å². The third kappa shape index (κ3) is 6.70. The molecule has 0 bridgehead atoms. The van der Waals surface area contributed by atoms with Gasteiger partial charge >= 0.3 is 6.09 Å². The van der Waals surface area contributed by atoms with Gasteiger partial charge in [-0.25, -0.2) is 13.2 Å². The van der Waals surface area contributed by atoms with Crippen LogP contribution in [0.5, 0.6) is 0 Å². The molecule has 0 aromatic heterocycles. The van der Waals surface area contributed by atoms with Gasteiger partial charge in [-0.2, -0.15) is 4.31 Å². The molecule has 0 unspecified atom stereocenters. The average molecular weight is 440 g/mol. The molecule has 168 valence electrons. The largest absolute Gasteiger partial charge is 0.444 e. The summed E-state index contributed by atoms with van der Waals surface area (Å²) in [5, 5.41) is 2.63. The predicted octanol–water partition coefficient (Wildman–Crippen LogP) is 2.44. The minimum absolute atomic E-state index is 0.0372. The van der Waals surface area contributed by atoms with Gasteiger partial charge in [0, 0.05) is 39.1 Å². The monoisotopic (exact) mass is 439 g/mol. The molecule has 1 heterocycles. The molecule has 1 aromatic rings. The van der Waals surface area contributed by atoms with Crippen molar-refractivity contribution in [1.29, 1.82) is 0 Å². The maximum absolute atomic E-state index is 13.0. The molecule has 0 aliphatic carbocycles. The first-order chi connectivity index (χ1) is 13.9. The number of hydrogen-bond acceptors (Lipinski definition) is 5. The highest BCUT2D eigenvalue weighted by Crippen LogP contribution is 2.22. The smallest absolute Gasteiger partial charge is 0.407 e. The number of alkyl carbamates (subject to hydrolysis) is 1. The molecule has 0 saturated carbocycles. The lowest BCUT2D eigenvalue weighted by Crippen LogP contribution is -2.50. The van der Waals surface area contributed by atoms with Crippen molar-refractivity contribution in [2.75, 3.05) is 32.7 Å². The molecule has 1 aliphatic heterocycles. The minimum Gasteiger partial charge on any atom is -0.444 e. The average Bonchev–Trinajstić information content (AvgIpc) is 2.65. The van der Waals surface area contributed by atoms with E-state index < -0.39 is 21.7 Å². The zero-order valence-corrected chi connectivity index (χ0v) is 19.3. The summed E-state index contributed by atoms with van der Waals surface area (Å²) in [5.74, 6) is -0.0372. The van der Waals surface area contributed by atoms with Gasteiger partial charge in [0.2, 0.25) is 15.9 Å². The molecule has 0 radical (unpaired) electrons. The van der Waals surface area contributed by atoms with Crippen LogP contribution in [0.2, 0.25) is 0 Å². The molecule has 1 saturated heterocycles. The Balaban J connectivity index is 1.80. The zero-order valence-electron chi connectivity index (χ0n) is 18.5. The summed E-state index contributed by atoms with van der Waals surface area (Å²) < 4.78 is 32.6. The van der Waals surface area contributed by atoms with Crippen molar-refractivity contribution in [2.24, 2.45) is 0 Å². The molecule has 1 N–H and O–H groups in total. The Morgan fingerprint density at radius 1 is 1.10 bits per heavy atom. The van der Waals surface area contributed by atoms with Crippen LogP contribution >= 0.6 is 0 Å². The van der Waals surface area contributed by atoms with Gasteiger partial charge in [-0.15, -0.1) is 0 Å². The number of carbonyl (C=O) groups excluding carboxylic acids is 2. The molecular formula is C21H33N3O5S. The van der Waals surface area contributed by atoms with Crippen molar-refractivity contribution in [3.05, 3.63) is 29.3 Å². The number of ether oxygens (including phenoxy) is 1. The molecule has 2 amide bonds. The first-order valence-electron chi connectivity index (χ1n) is 10.2. The van der Waals surface area contributed by atoms with E-state index in [2.05, 4.69) is 5.32 Å². The highest BCUT2D eigenvalue weighted by atomic mass is 32.2. The van der Waals surface area contributed by atoms with Gasteiger partial charge in [0.15, 0.2) is 0 Å². The summed E-state index contributed by atoms with van der Waals surface area (Å²) in [4.78, 5) is 26.0. The first kappa shape index (κ1) is 24.1. The van der Waals surface area contributed by atoms with Gasteiger partial charge in [0.25, 0.3) is 0 Å². The molecule has 0 atom stereocenters. The normalized spacial score (nSPS) is 15.7. The van der Waals surface area contributed by atoms with E-state index in [1.54, 1.807) is 38.7 Å². The maximum atomic E-state index is 13.0. The number of benzene rings is 1. The van der Waals surface area contributed by atoms with Gasteiger partial charge in [0.1, 0.15) is 5.60 Å². The highest BCUT2D eigenvalue weighted by Gasteiger charge is 2.31. The Bertz CT molecular complexity index is 869. The molecule has 30 heavy (non-hydrogen) atoms. The Labute approximate surface area is 179 Å². The Morgan fingerprint density at radius 2 is 1.73 bits per heavy atom. The molecule has 1 aliphatic rings. The third-order valence-corrected chi connectivity index (χ3v) is 6.83. The number of sulfonamides is 1. The van der Waals surface area contributed by atoms with Crippen molar-refractivity contribution in [1.82, 2.24) is 14.5 Å². The third-order valence-electron chi connectivity index (χ3n) is 4.79. The van der Waals surface area contributed by atoms with E-state index in [4.69, 9.17) is 4.74 Å². The van der Waals surface area contributed by atoms with Crippen LogP contribution in [0.15, 0.2) is 23.1 Å². The van der Waals surface area contributed by atoms with Gasteiger partial charge in [-0.05, 0) is 58.2 Å². The minimum atomic E-state index is -3.58. The van der Waals surface area contributed by atoms with Crippen molar-refractivity contribution >= 4 is 22.0 Å². The van der Waals surface area contributed by atoms with Crippen LogP contribution in [-0.2, 0) is 19.6 Å². The van der Waals surface area contributed by atoms with Crippen LogP contribution in [0, 0.1) is 13.8 Å². The standard InChI is InChI=1S/C21H33N3O5S/c1-16-8-9-17(2)18(15-16)30(27,28)24-13-11-23(12-14-24)19(25)7-6-10-22-20(26)29-21(3,4)5/h8-9,15H,6-7,10-14H2,1-5H3,(H,22,26). The summed E-state index contributed by atoms with van der Waals surface area (Å²) in [7, 11) is -3.58. The van der Waals surface area contributed by atoms with E-state index in [0.29, 0.717) is 37.4 Å². The zero-order chi connectivity index (χ0) is 22.5. The summed E-state index contributed by atoms with van der Waals surface area (Å²) in [6.45, 7) is 10.6. The second-order valence-corrected chi connectivity index (χ2v) is 10.5. The fourth-order valence-corrected chi connectivity index (χ4v) is 4.94. The molecule has 1 aromatic carbocycles. The number of amides is 2. The lowest BCUT2D eigenvalue weighted by Gasteiger charge is -2.34. The van der Waals surface area contributed by atoms with E-state index >= 15 is 0 Å². The number of aryl methyl sites for hydroxylation is 2. The van der Waals surface area contributed by atoms with E-state index in [9.17, 15) is 18.0 Å². The van der Waals surface area contributed by atoms with Crippen LogP contribution in [0.25, 0.3) is 0 Å². The molecular weight excluding hydrogens is 406 g/mol. The summed E-state index contributed by atoms with van der Waals surface area (Å²) in [5.41, 5.74) is 1.06.